The zero-order valence-corrected chi connectivity index (χ0v) is 19.9. The summed E-state index contributed by atoms with van der Waals surface area (Å²) in [6, 6.07) is 14.4. The van der Waals surface area contributed by atoms with E-state index in [1.54, 1.807) is 22.0 Å². The first-order chi connectivity index (χ1) is 16.4. The van der Waals surface area contributed by atoms with Gasteiger partial charge in [-0.15, -0.1) is 0 Å². The molecule has 3 heterocycles. The van der Waals surface area contributed by atoms with Crippen LogP contribution >= 0.6 is 0 Å². The standard InChI is InChI=1S/C25H29FN4O3S/c1-28-15-24(27-17-28)34(32,33)29-11-2-3-12-30-22(14-29)25(23(30)16-31)19-9-7-18(8-10-19)20-5-4-6-21(26)13-20/h4-10,13,15,17,22-23,25,31H,2-3,11-12,14,16H2,1H3/t22-,23+,25-/m1/s1. The van der Waals surface area contributed by atoms with Crippen LogP contribution in [0.4, 0.5) is 4.39 Å². The fourth-order valence-electron chi connectivity index (χ4n) is 5.35. The van der Waals surface area contributed by atoms with Crippen LogP contribution in [0.2, 0.25) is 0 Å². The molecule has 0 radical (unpaired) electrons. The first kappa shape index (κ1) is 23.2. The Morgan fingerprint density at radius 1 is 1.09 bits per heavy atom. The molecule has 180 valence electrons. The maximum absolute atomic E-state index is 13.6. The van der Waals surface area contributed by atoms with Gasteiger partial charge in [0.1, 0.15) is 5.82 Å². The van der Waals surface area contributed by atoms with Gasteiger partial charge in [0, 0.05) is 44.3 Å². The Morgan fingerprint density at radius 3 is 2.53 bits per heavy atom. The number of benzene rings is 2. The number of halogens is 1. The van der Waals surface area contributed by atoms with Gasteiger partial charge in [0.15, 0.2) is 5.03 Å². The van der Waals surface area contributed by atoms with Crippen molar-refractivity contribution in [1.82, 2.24) is 18.8 Å². The normalized spacial score (nSPS) is 24.1. The molecule has 3 atom stereocenters. The molecule has 2 saturated heterocycles. The monoisotopic (exact) mass is 484 g/mol. The Kier molecular flexibility index (Phi) is 6.28. The molecule has 7 nitrogen and oxygen atoms in total. The highest BCUT2D eigenvalue weighted by Gasteiger charge is 2.50. The van der Waals surface area contributed by atoms with E-state index in [0.29, 0.717) is 13.1 Å². The summed E-state index contributed by atoms with van der Waals surface area (Å²) in [6.45, 7) is 1.66. The van der Waals surface area contributed by atoms with Crippen LogP contribution in [0.25, 0.3) is 11.1 Å². The van der Waals surface area contributed by atoms with Crippen LogP contribution in [0, 0.1) is 5.82 Å². The van der Waals surface area contributed by atoms with Crippen LogP contribution in [0.1, 0.15) is 24.3 Å². The van der Waals surface area contributed by atoms with Crippen molar-refractivity contribution in [1.29, 1.82) is 0 Å². The smallest absolute Gasteiger partial charge is 0.262 e. The number of fused-ring (bicyclic) bond motifs is 1. The fraction of sp³-hybridized carbons (Fsp3) is 0.400. The van der Waals surface area contributed by atoms with Gasteiger partial charge in [-0.25, -0.2) is 17.8 Å². The number of imidazole rings is 1. The van der Waals surface area contributed by atoms with Gasteiger partial charge in [-0.3, -0.25) is 4.90 Å². The van der Waals surface area contributed by atoms with E-state index in [1.807, 2.05) is 30.3 Å². The van der Waals surface area contributed by atoms with Gasteiger partial charge in [-0.1, -0.05) is 36.4 Å². The van der Waals surface area contributed by atoms with Crippen LogP contribution in [0.5, 0.6) is 0 Å². The first-order valence-corrected chi connectivity index (χ1v) is 13.0. The van der Waals surface area contributed by atoms with E-state index in [9.17, 15) is 17.9 Å². The Labute approximate surface area is 199 Å². The minimum atomic E-state index is -3.70. The molecule has 0 spiro atoms. The molecule has 2 aromatic carbocycles. The summed E-state index contributed by atoms with van der Waals surface area (Å²) in [6.07, 6.45) is 4.66. The van der Waals surface area contributed by atoms with Gasteiger partial charge >= 0.3 is 0 Å². The van der Waals surface area contributed by atoms with Crippen LogP contribution in [-0.2, 0) is 17.1 Å². The van der Waals surface area contributed by atoms with Gasteiger partial charge in [0.2, 0.25) is 0 Å². The van der Waals surface area contributed by atoms with Gasteiger partial charge < -0.3 is 9.67 Å². The molecule has 5 rings (SSSR count). The van der Waals surface area contributed by atoms with E-state index >= 15 is 0 Å². The first-order valence-electron chi connectivity index (χ1n) is 11.6. The fourth-order valence-corrected chi connectivity index (χ4v) is 6.81. The summed E-state index contributed by atoms with van der Waals surface area (Å²) in [5, 5.41) is 10.2. The zero-order valence-electron chi connectivity index (χ0n) is 19.1. The summed E-state index contributed by atoms with van der Waals surface area (Å²) >= 11 is 0. The zero-order chi connectivity index (χ0) is 23.9. The summed E-state index contributed by atoms with van der Waals surface area (Å²) in [5.41, 5.74) is 2.77. The van der Waals surface area contributed by atoms with Crippen molar-refractivity contribution in [3.8, 4) is 11.1 Å². The van der Waals surface area contributed by atoms with Gasteiger partial charge in [-0.2, -0.15) is 4.31 Å². The van der Waals surface area contributed by atoms with E-state index in [0.717, 1.165) is 36.1 Å². The summed E-state index contributed by atoms with van der Waals surface area (Å²) in [7, 11) is -1.95. The molecular weight excluding hydrogens is 455 g/mol. The lowest BCUT2D eigenvalue weighted by atomic mass is 9.74. The Hall–Kier alpha value is -2.59. The number of hydrogen-bond acceptors (Lipinski definition) is 5. The van der Waals surface area contributed by atoms with Gasteiger partial charge in [-0.05, 0) is 48.2 Å². The predicted octanol–water partition coefficient (Wildman–Crippen LogP) is 2.84. The second-order valence-electron chi connectivity index (χ2n) is 9.16. The minimum Gasteiger partial charge on any atom is -0.395 e. The van der Waals surface area contributed by atoms with Gasteiger partial charge in [0.25, 0.3) is 10.0 Å². The molecule has 0 unspecified atom stereocenters. The number of sulfonamides is 1. The Bertz CT molecular complexity index is 1260. The molecule has 1 aromatic heterocycles. The number of aromatic nitrogens is 2. The maximum atomic E-state index is 13.6. The van der Waals surface area contributed by atoms with E-state index < -0.39 is 10.0 Å². The summed E-state index contributed by atoms with van der Waals surface area (Å²) < 4.78 is 43.5. The SMILES string of the molecule is Cn1cnc(S(=O)(=O)N2CCCCN3[C@H](C2)[C@@H](c2ccc(-c4cccc(F)c4)cc2)[C@@H]3CO)c1. The van der Waals surface area contributed by atoms with E-state index in [-0.39, 0.29) is 35.5 Å². The molecule has 0 amide bonds. The second kappa shape index (κ2) is 9.22. The third-order valence-corrected chi connectivity index (χ3v) is 8.82. The van der Waals surface area contributed by atoms with Crippen molar-refractivity contribution in [2.75, 3.05) is 26.2 Å². The van der Waals surface area contributed by atoms with Crippen molar-refractivity contribution in [3.05, 3.63) is 72.4 Å². The summed E-state index contributed by atoms with van der Waals surface area (Å²) in [5.74, 6) is -0.272. The van der Waals surface area contributed by atoms with Crippen molar-refractivity contribution in [2.24, 2.45) is 7.05 Å². The molecule has 9 heteroatoms. The number of hydrogen-bond donors (Lipinski definition) is 1. The van der Waals surface area contributed by atoms with Crippen LogP contribution in [0.3, 0.4) is 0 Å². The average molecular weight is 485 g/mol. The third kappa shape index (κ3) is 4.17. The molecule has 0 aliphatic carbocycles. The van der Waals surface area contributed by atoms with Gasteiger partial charge in [0.05, 0.1) is 12.9 Å². The molecule has 0 saturated carbocycles. The molecule has 2 aliphatic rings. The van der Waals surface area contributed by atoms with Crippen LogP contribution < -0.4 is 0 Å². The Morgan fingerprint density at radius 2 is 1.85 bits per heavy atom. The molecule has 0 bridgehead atoms. The maximum Gasteiger partial charge on any atom is 0.262 e. The minimum absolute atomic E-state index is 0.00564. The van der Waals surface area contributed by atoms with E-state index in [1.165, 1.54) is 24.7 Å². The average Bonchev–Trinajstić information content (AvgIpc) is 3.25. The lowest BCUT2D eigenvalue weighted by Gasteiger charge is -2.57. The van der Waals surface area contributed by atoms with Crippen molar-refractivity contribution in [3.63, 3.8) is 0 Å². The molecule has 3 aromatic rings. The number of aryl methyl sites for hydroxylation is 1. The molecular formula is C25H29FN4O3S. The lowest BCUT2D eigenvalue weighted by Crippen LogP contribution is -2.67. The van der Waals surface area contributed by atoms with E-state index in [4.69, 9.17) is 0 Å². The highest BCUT2D eigenvalue weighted by atomic mass is 32.2. The number of rotatable bonds is 5. The molecule has 34 heavy (non-hydrogen) atoms. The number of aliphatic hydroxyl groups excluding tert-OH is 1. The molecule has 2 fully saturated rings. The van der Waals surface area contributed by atoms with Crippen LogP contribution in [0.15, 0.2) is 66.1 Å². The molecule has 2 aliphatic heterocycles. The Balaban J connectivity index is 1.42. The third-order valence-electron chi connectivity index (χ3n) is 7.07. The molecule has 1 N–H and O–H groups in total. The van der Waals surface area contributed by atoms with Crippen molar-refractivity contribution in [2.45, 2.75) is 35.9 Å². The number of nitrogens with zero attached hydrogens (tertiary/aromatic N) is 4. The highest BCUT2D eigenvalue weighted by Crippen LogP contribution is 2.43. The quantitative estimate of drug-likeness (QED) is 0.603. The van der Waals surface area contributed by atoms with E-state index in [2.05, 4.69) is 9.88 Å². The van der Waals surface area contributed by atoms with Crippen LogP contribution in [-0.4, -0.2) is 70.6 Å². The second-order valence-corrected chi connectivity index (χ2v) is 11.0. The largest absolute Gasteiger partial charge is 0.395 e. The van der Waals surface area contributed by atoms with Crippen molar-refractivity contribution >= 4 is 10.0 Å². The lowest BCUT2D eigenvalue weighted by molar-refractivity contribution is -0.0554. The topological polar surface area (TPSA) is 78.7 Å². The number of aliphatic hydroxyl groups is 1. The van der Waals surface area contributed by atoms with Crippen molar-refractivity contribution < 1.29 is 17.9 Å². The highest BCUT2D eigenvalue weighted by molar-refractivity contribution is 7.89. The predicted molar refractivity (Wildman–Crippen MR) is 127 cm³/mol. The summed E-state index contributed by atoms with van der Waals surface area (Å²) in [4.78, 5) is 6.33.